The molecular formula is C25H21Cl2N3O2S. The molecule has 0 bridgehead atoms. The average Bonchev–Trinajstić information content (AvgIpc) is 2.80. The first-order chi connectivity index (χ1) is 15.9. The molecule has 1 aromatic heterocycles. The first kappa shape index (κ1) is 23.3. The fourth-order valence-corrected chi connectivity index (χ4v) is 5.22. The number of nitrogens with zero attached hydrogens (tertiary/aromatic N) is 2. The number of benzene rings is 3. The van der Waals surface area contributed by atoms with Crippen molar-refractivity contribution in [1.29, 1.82) is 0 Å². The van der Waals surface area contributed by atoms with E-state index in [2.05, 4.69) is 10.3 Å². The summed E-state index contributed by atoms with van der Waals surface area (Å²) in [7, 11) is -3.80. The molecule has 3 aromatic carbocycles. The summed E-state index contributed by atoms with van der Waals surface area (Å²) in [4.78, 5) is 4.41. The van der Waals surface area contributed by atoms with E-state index in [1.807, 2.05) is 60.7 Å². The first-order valence-corrected chi connectivity index (χ1v) is 12.4. The van der Waals surface area contributed by atoms with Crippen LogP contribution >= 0.6 is 23.2 Å². The first-order valence-electron chi connectivity index (χ1n) is 10.2. The van der Waals surface area contributed by atoms with Gasteiger partial charge in [0.05, 0.1) is 0 Å². The lowest BCUT2D eigenvalue weighted by Gasteiger charge is -2.22. The highest BCUT2D eigenvalue weighted by atomic mass is 35.5. The standard InChI is InChI=1S/C25H21Cl2N3O2S/c26-21-13-22(27)15-23(14-21)29-25-12-11-24(16-28-25)33(31,32)30(17-19-7-3-1-4-8-19)18-20-9-5-2-6-10-20/h1-16H,17-18H2,(H,28,29). The molecule has 1 N–H and O–H groups in total. The van der Waals surface area contributed by atoms with Crippen molar-refractivity contribution in [3.63, 3.8) is 0 Å². The van der Waals surface area contributed by atoms with Gasteiger partial charge >= 0.3 is 0 Å². The zero-order chi connectivity index (χ0) is 23.3. The number of hydrogen-bond acceptors (Lipinski definition) is 4. The Kier molecular flexibility index (Phi) is 7.30. The van der Waals surface area contributed by atoms with Crippen molar-refractivity contribution >= 4 is 44.7 Å². The van der Waals surface area contributed by atoms with Crippen molar-refractivity contribution in [3.8, 4) is 0 Å². The number of anilines is 2. The highest BCUT2D eigenvalue weighted by Gasteiger charge is 2.25. The molecule has 0 aliphatic carbocycles. The van der Waals surface area contributed by atoms with Gasteiger partial charge in [0.25, 0.3) is 0 Å². The van der Waals surface area contributed by atoms with E-state index in [-0.39, 0.29) is 18.0 Å². The fraction of sp³-hybridized carbons (Fsp3) is 0.0800. The average molecular weight is 498 g/mol. The third kappa shape index (κ3) is 6.12. The lowest BCUT2D eigenvalue weighted by molar-refractivity contribution is 0.401. The van der Waals surface area contributed by atoms with Crippen molar-refractivity contribution in [1.82, 2.24) is 9.29 Å². The number of rotatable bonds is 8. The third-order valence-electron chi connectivity index (χ3n) is 4.91. The summed E-state index contributed by atoms with van der Waals surface area (Å²) in [6.45, 7) is 0.498. The van der Waals surface area contributed by atoms with Crippen LogP contribution in [0.3, 0.4) is 0 Å². The molecule has 5 nitrogen and oxygen atoms in total. The summed E-state index contributed by atoms with van der Waals surface area (Å²) in [5.74, 6) is 0.477. The normalized spacial score (nSPS) is 11.5. The molecule has 0 radical (unpaired) electrons. The van der Waals surface area contributed by atoms with Gasteiger partial charge in [-0.05, 0) is 41.5 Å². The lowest BCUT2D eigenvalue weighted by atomic mass is 10.2. The zero-order valence-electron chi connectivity index (χ0n) is 17.5. The second-order valence-electron chi connectivity index (χ2n) is 7.41. The molecule has 0 fully saturated rings. The number of sulfonamides is 1. The molecule has 0 atom stereocenters. The third-order valence-corrected chi connectivity index (χ3v) is 7.12. The van der Waals surface area contributed by atoms with Gasteiger partial charge < -0.3 is 5.32 Å². The molecule has 4 aromatic rings. The highest BCUT2D eigenvalue weighted by Crippen LogP contribution is 2.26. The Labute approximate surface area is 203 Å². The largest absolute Gasteiger partial charge is 0.340 e. The predicted octanol–water partition coefficient (Wildman–Crippen LogP) is 6.52. The smallest absolute Gasteiger partial charge is 0.245 e. The van der Waals surface area contributed by atoms with E-state index in [1.54, 1.807) is 30.3 Å². The number of hydrogen-bond donors (Lipinski definition) is 1. The Bertz CT molecular complexity index is 1260. The van der Waals surface area contributed by atoms with Crippen LogP contribution in [0.25, 0.3) is 0 Å². The van der Waals surface area contributed by atoms with Crippen LogP contribution in [0.15, 0.2) is 102 Å². The molecule has 33 heavy (non-hydrogen) atoms. The molecule has 8 heteroatoms. The van der Waals surface area contributed by atoms with Crippen LogP contribution in [0.1, 0.15) is 11.1 Å². The minimum atomic E-state index is -3.80. The number of pyridine rings is 1. The van der Waals surface area contributed by atoms with Crippen LogP contribution in [-0.4, -0.2) is 17.7 Å². The van der Waals surface area contributed by atoms with Gasteiger partial charge in [-0.25, -0.2) is 13.4 Å². The Morgan fingerprint density at radius 3 is 1.79 bits per heavy atom. The van der Waals surface area contributed by atoms with Gasteiger partial charge in [0.15, 0.2) is 0 Å². The maximum atomic E-state index is 13.5. The van der Waals surface area contributed by atoms with Crippen LogP contribution < -0.4 is 5.32 Å². The van der Waals surface area contributed by atoms with Gasteiger partial charge in [-0.15, -0.1) is 0 Å². The minimum absolute atomic E-state index is 0.115. The molecule has 0 aliphatic heterocycles. The Balaban J connectivity index is 1.59. The summed E-state index contributed by atoms with van der Waals surface area (Å²) in [5, 5.41) is 4.06. The molecule has 168 valence electrons. The van der Waals surface area contributed by atoms with Gasteiger partial charge in [-0.1, -0.05) is 83.9 Å². The second kappa shape index (κ2) is 10.4. The van der Waals surface area contributed by atoms with Gasteiger partial charge in [0.1, 0.15) is 10.7 Å². The van der Waals surface area contributed by atoms with Gasteiger partial charge in [-0.2, -0.15) is 4.31 Å². The van der Waals surface area contributed by atoms with E-state index in [0.717, 1.165) is 11.1 Å². The molecule has 0 spiro atoms. The summed E-state index contributed by atoms with van der Waals surface area (Å²) >= 11 is 12.1. The summed E-state index contributed by atoms with van der Waals surface area (Å²) < 4.78 is 28.5. The van der Waals surface area contributed by atoms with Crippen LogP contribution in [0.4, 0.5) is 11.5 Å². The summed E-state index contributed by atoms with van der Waals surface area (Å²) in [6, 6.07) is 27.2. The quantitative estimate of drug-likeness (QED) is 0.300. The molecule has 0 amide bonds. The maximum Gasteiger partial charge on any atom is 0.245 e. The van der Waals surface area contributed by atoms with Crippen LogP contribution in [-0.2, 0) is 23.1 Å². The van der Waals surface area contributed by atoms with E-state index in [4.69, 9.17) is 23.2 Å². The predicted molar refractivity (Wildman–Crippen MR) is 133 cm³/mol. The zero-order valence-corrected chi connectivity index (χ0v) is 19.9. The molecule has 1 heterocycles. The van der Waals surface area contributed by atoms with E-state index in [9.17, 15) is 8.42 Å². The second-order valence-corrected chi connectivity index (χ2v) is 10.2. The Morgan fingerprint density at radius 2 is 1.30 bits per heavy atom. The lowest BCUT2D eigenvalue weighted by Crippen LogP contribution is -2.30. The molecular weight excluding hydrogens is 477 g/mol. The van der Waals surface area contributed by atoms with Crippen molar-refractivity contribution < 1.29 is 8.42 Å². The van der Waals surface area contributed by atoms with Gasteiger partial charge in [0.2, 0.25) is 10.0 Å². The van der Waals surface area contributed by atoms with Crippen LogP contribution in [0.5, 0.6) is 0 Å². The minimum Gasteiger partial charge on any atom is -0.340 e. The van der Waals surface area contributed by atoms with Gasteiger partial charge in [-0.3, -0.25) is 0 Å². The molecule has 0 aliphatic rings. The van der Waals surface area contributed by atoms with E-state index >= 15 is 0 Å². The van der Waals surface area contributed by atoms with E-state index in [0.29, 0.717) is 21.6 Å². The fourth-order valence-electron chi connectivity index (χ4n) is 3.33. The maximum absolute atomic E-state index is 13.5. The van der Waals surface area contributed by atoms with Crippen molar-refractivity contribution in [3.05, 3.63) is 118 Å². The van der Waals surface area contributed by atoms with Crippen molar-refractivity contribution in [2.75, 3.05) is 5.32 Å². The highest BCUT2D eigenvalue weighted by molar-refractivity contribution is 7.89. The van der Waals surface area contributed by atoms with E-state index < -0.39 is 10.0 Å². The Morgan fingerprint density at radius 1 is 0.758 bits per heavy atom. The molecule has 4 rings (SSSR count). The number of aromatic nitrogens is 1. The van der Waals surface area contributed by atoms with Crippen LogP contribution in [0.2, 0.25) is 10.0 Å². The van der Waals surface area contributed by atoms with Crippen LogP contribution in [0, 0.1) is 0 Å². The Hall–Kier alpha value is -2.90. The van der Waals surface area contributed by atoms with Crippen molar-refractivity contribution in [2.24, 2.45) is 0 Å². The molecule has 0 saturated heterocycles. The SMILES string of the molecule is O=S(=O)(c1ccc(Nc2cc(Cl)cc(Cl)c2)nc1)N(Cc1ccccc1)Cc1ccccc1. The number of nitrogens with one attached hydrogen (secondary N) is 1. The number of halogens is 2. The summed E-state index contributed by atoms with van der Waals surface area (Å²) in [5.41, 5.74) is 2.47. The monoisotopic (exact) mass is 497 g/mol. The summed E-state index contributed by atoms with van der Waals surface area (Å²) in [6.07, 6.45) is 1.35. The van der Waals surface area contributed by atoms with Crippen molar-refractivity contribution in [2.45, 2.75) is 18.0 Å². The molecule has 0 unspecified atom stereocenters. The topological polar surface area (TPSA) is 62.3 Å². The van der Waals surface area contributed by atoms with Gasteiger partial charge in [0, 0.05) is 35.0 Å². The van der Waals surface area contributed by atoms with E-state index in [1.165, 1.54) is 10.5 Å². The molecule has 0 saturated carbocycles.